The highest BCUT2D eigenvalue weighted by Gasteiger charge is 2.55. The number of hydrogen-bond acceptors (Lipinski definition) is 8. The molecule has 2 aliphatic heterocycles. The van der Waals surface area contributed by atoms with Gasteiger partial charge in [-0.15, -0.1) is 0 Å². The molecule has 2 heterocycles. The van der Waals surface area contributed by atoms with Gasteiger partial charge in [-0.25, -0.2) is 10.0 Å². The van der Waals surface area contributed by atoms with Gasteiger partial charge in [0.2, 0.25) is 4.99 Å². The Bertz CT molecular complexity index is 1700. The molecule has 0 radical (unpaired) electrons. The molecule has 0 N–H and O–H groups in total. The number of Topliss-reactive ketones (excluding diaryl/α,β-unsaturated/α-hetero) is 1. The topological polar surface area (TPSA) is 91.4 Å². The van der Waals surface area contributed by atoms with E-state index in [9.17, 15) is 14.9 Å². The zero-order chi connectivity index (χ0) is 28.7. The molecule has 2 aliphatic rings. The Morgan fingerprint density at radius 1 is 0.829 bits per heavy atom. The lowest BCUT2D eigenvalue weighted by molar-refractivity contribution is -0.384. The van der Waals surface area contributed by atoms with Crippen molar-refractivity contribution in [1.29, 1.82) is 0 Å². The number of para-hydroxylation sites is 1. The maximum absolute atomic E-state index is 12.8. The summed E-state index contributed by atoms with van der Waals surface area (Å²) < 4.78 is 0. The van der Waals surface area contributed by atoms with E-state index in [1.165, 1.54) is 36.4 Å². The lowest BCUT2D eigenvalue weighted by Gasteiger charge is -2.47. The first-order chi connectivity index (χ1) is 19.8. The molecule has 8 nitrogen and oxygen atoms in total. The number of rotatable bonds is 6. The summed E-state index contributed by atoms with van der Waals surface area (Å²) in [4.78, 5) is 22.6. The van der Waals surface area contributed by atoms with Crippen molar-refractivity contribution in [3.05, 3.63) is 135 Å². The predicted octanol–water partition coefficient (Wildman–Crippen LogP) is 7.26. The van der Waals surface area contributed by atoms with Crippen LogP contribution in [0.5, 0.6) is 0 Å². The fraction of sp³-hybridized carbons (Fsp3) is 0.156. The zero-order valence-electron chi connectivity index (χ0n) is 22.8. The van der Waals surface area contributed by atoms with Gasteiger partial charge in [0.25, 0.3) is 5.69 Å². The van der Waals surface area contributed by atoms with Crippen LogP contribution < -0.4 is 10.0 Å². The fourth-order valence-electron chi connectivity index (χ4n) is 5.10. The van der Waals surface area contributed by atoms with Crippen LogP contribution in [0.1, 0.15) is 48.9 Å². The molecule has 0 unspecified atom stereocenters. The number of thioether (sulfide) groups is 1. The number of non-ortho nitro benzene ring substituents is 1. The largest absolute Gasteiger partial charge is 0.292 e. The molecule has 9 heteroatoms. The summed E-state index contributed by atoms with van der Waals surface area (Å²) in [6.45, 7) is 5.82. The minimum Gasteiger partial charge on any atom is -0.292 e. The number of nitro benzene ring substituents is 1. The molecule has 4 aromatic rings. The number of hydrogen-bond donors (Lipinski definition) is 0. The average Bonchev–Trinajstić information content (AvgIpc) is 3.39. The highest BCUT2D eigenvalue weighted by atomic mass is 32.2. The smallest absolute Gasteiger partial charge is 0.269 e. The van der Waals surface area contributed by atoms with E-state index in [4.69, 9.17) is 10.2 Å². The summed E-state index contributed by atoms with van der Waals surface area (Å²) in [7, 11) is 0. The Morgan fingerprint density at radius 3 is 2.07 bits per heavy atom. The lowest BCUT2D eigenvalue weighted by atomic mass is 9.92. The maximum Gasteiger partial charge on any atom is 0.269 e. The minimum atomic E-state index is -1.11. The van der Waals surface area contributed by atoms with E-state index < -0.39 is 9.92 Å². The van der Waals surface area contributed by atoms with Crippen LogP contribution in [0.15, 0.2) is 113 Å². The molecule has 0 aliphatic carbocycles. The normalized spacial score (nSPS) is 17.9. The molecule has 204 valence electrons. The van der Waals surface area contributed by atoms with Crippen LogP contribution in [0, 0.1) is 10.1 Å². The number of fused-ring (bicyclic) bond motifs is 2. The van der Waals surface area contributed by atoms with E-state index in [0.29, 0.717) is 16.6 Å². The van der Waals surface area contributed by atoms with E-state index in [1.54, 1.807) is 17.1 Å². The third-order valence-corrected chi connectivity index (χ3v) is 8.61. The molecule has 0 saturated heterocycles. The van der Waals surface area contributed by atoms with Gasteiger partial charge in [-0.1, -0.05) is 80.6 Å². The highest BCUT2D eigenvalue weighted by molar-refractivity contribution is 8.17. The molecule has 1 atom stereocenters. The lowest BCUT2D eigenvalue weighted by Crippen LogP contribution is -2.54. The monoisotopic (exact) mass is 561 g/mol. The summed E-state index contributed by atoms with van der Waals surface area (Å²) in [6.07, 6.45) is 0. The van der Waals surface area contributed by atoms with Gasteiger partial charge in [0.05, 0.1) is 22.0 Å². The second kappa shape index (κ2) is 10.3. The van der Waals surface area contributed by atoms with Crippen molar-refractivity contribution in [3.8, 4) is 0 Å². The molecule has 0 amide bonds. The Hall–Kier alpha value is -4.76. The van der Waals surface area contributed by atoms with Crippen molar-refractivity contribution in [2.24, 2.45) is 10.2 Å². The average molecular weight is 562 g/mol. The zero-order valence-corrected chi connectivity index (χ0v) is 23.6. The summed E-state index contributed by atoms with van der Waals surface area (Å²) in [6, 6.07) is 32.4. The molecule has 4 aromatic carbocycles. The van der Waals surface area contributed by atoms with Gasteiger partial charge in [-0.05, 0) is 47.5 Å². The van der Waals surface area contributed by atoms with E-state index in [0.717, 1.165) is 28.1 Å². The van der Waals surface area contributed by atoms with E-state index >= 15 is 0 Å². The first-order valence-corrected chi connectivity index (χ1v) is 14.1. The quantitative estimate of drug-likeness (QED) is 0.182. The highest BCUT2D eigenvalue weighted by Crippen LogP contribution is 2.55. The van der Waals surface area contributed by atoms with Crippen LogP contribution in [-0.4, -0.2) is 21.5 Å². The number of nitro groups is 1. The molecule has 0 aromatic heterocycles. The van der Waals surface area contributed by atoms with Gasteiger partial charge in [-0.2, -0.15) is 10.2 Å². The molecule has 6 rings (SSSR count). The minimum absolute atomic E-state index is 0.0282. The van der Waals surface area contributed by atoms with Gasteiger partial charge < -0.3 is 0 Å². The third-order valence-electron chi connectivity index (χ3n) is 7.19. The summed E-state index contributed by atoms with van der Waals surface area (Å²) in [5.74, 6) is 0.226. The van der Waals surface area contributed by atoms with Crippen LogP contribution in [0.3, 0.4) is 0 Å². The maximum atomic E-state index is 12.8. The van der Waals surface area contributed by atoms with Crippen molar-refractivity contribution in [1.82, 2.24) is 0 Å². The second-order valence-electron chi connectivity index (χ2n) is 10.2. The Morgan fingerprint density at radius 2 is 1.44 bits per heavy atom. The number of nitrogens with zero attached hydrogens (tertiary/aromatic N) is 5. The molecule has 0 fully saturated rings. The Balaban J connectivity index is 1.61. The standard InChI is InChI=1S/C32H27N5O3S/c1-21(2)23-13-15-24(16-14-23)30-28-11-7-8-12-29(28)32(35(33-30)25-9-5-4-6-10-25)36(34-31(41-32)22(3)38)26-17-19-27(20-18-26)37(39)40/h4-21H,1-3H3/t32-/m0/s1. The van der Waals surface area contributed by atoms with Crippen LogP contribution in [-0.2, 0) is 9.79 Å². The van der Waals surface area contributed by atoms with Gasteiger partial charge in [0.15, 0.2) is 10.8 Å². The number of hydrazone groups is 2. The Kier molecular flexibility index (Phi) is 6.67. The molecule has 41 heavy (non-hydrogen) atoms. The van der Waals surface area contributed by atoms with E-state index in [1.807, 2.05) is 59.6 Å². The summed E-state index contributed by atoms with van der Waals surface area (Å²) in [5, 5.41) is 25.5. The number of anilines is 2. The number of benzene rings is 4. The van der Waals surface area contributed by atoms with Crippen molar-refractivity contribution in [3.63, 3.8) is 0 Å². The van der Waals surface area contributed by atoms with Gasteiger partial charge in [-0.3, -0.25) is 14.9 Å². The predicted molar refractivity (Wildman–Crippen MR) is 164 cm³/mol. The van der Waals surface area contributed by atoms with Crippen molar-refractivity contribution in [2.45, 2.75) is 31.7 Å². The molecule has 0 bridgehead atoms. The SMILES string of the molecule is CC(=O)C1=NN(c2ccc([N+](=O)[O-])cc2)[C@]2(S1)c1ccccc1C(c1ccc(C(C)C)cc1)=NN2c1ccccc1. The fourth-order valence-corrected chi connectivity index (χ4v) is 6.39. The first-order valence-electron chi connectivity index (χ1n) is 13.3. The molecular weight excluding hydrogens is 534 g/mol. The van der Waals surface area contributed by atoms with Crippen LogP contribution in [0.2, 0.25) is 0 Å². The van der Waals surface area contributed by atoms with Gasteiger partial charge >= 0.3 is 0 Å². The molecule has 1 spiro atoms. The van der Waals surface area contributed by atoms with Crippen molar-refractivity contribution < 1.29 is 9.72 Å². The number of carbonyl (C=O) groups excluding carboxylic acids is 1. The van der Waals surface area contributed by atoms with E-state index in [2.05, 4.69) is 38.1 Å². The van der Waals surface area contributed by atoms with Gasteiger partial charge in [0.1, 0.15) is 0 Å². The first kappa shape index (κ1) is 26.5. The summed E-state index contributed by atoms with van der Waals surface area (Å²) in [5.41, 5.74) is 6.18. The molecular formula is C32H27N5O3S. The number of ketones is 1. The van der Waals surface area contributed by atoms with Crippen molar-refractivity contribution in [2.75, 3.05) is 10.0 Å². The summed E-state index contributed by atoms with van der Waals surface area (Å²) >= 11 is 1.32. The van der Waals surface area contributed by atoms with Gasteiger partial charge in [0, 0.05) is 35.7 Å². The third kappa shape index (κ3) is 4.48. The second-order valence-corrected chi connectivity index (χ2v) is 11.3. The van der Waals surface area contributed by atoms with Crippen LogP contribution in [0.25, 0.3) is 0 Å². The van der Waals surface area contributed by atoms with Crippen LogP contribution >= 0.6 is 11.8 Å². The number of carbonyl (C=O) groups is 1. The Labute approximate surface area is 242 Å². The van der Waals surface area contributed by atoms with Crippen molar-refractivity contribution >= 4 is 45.4 Å². The van der Waals surface area contributed by atoms with E-state index in [-0.39, 0.29) is 11.5 Å². The van der Waals surface area contributed by atoms with Crippen LogP contribution in [0.4, 0.5) is 17.1 Å². The molecule has 0 saturated carbocycles.